The maximum atomic E-state index is 10.3. The minimum atomic E-state index is 0.264. The molecule has 0 spiro atoms. The van der Waals surface area contributed by atoms with Gasteiger partial charge in [0.25, 0.3) is 0 Å². The van der Waals surface area contributed by atoms with Gasteiger partial charge in [-0.3, -0.25) is 4.79 Å². The Bertz CT molecular complexity index is 246. The summed E-state index contributed by atoms with van der Waals surface area (Å²) < 4.78 is 0. The van der Waals surface area contributed by atoms with E-state index in [0.717, 1.165) is 19.3 Å². The van der Waals surface area contributed by atoms with E-state index in [9.17, 15) is 4.79 Å². The Balaban J connectivity index is 2.51. The maximum Gasteiger partial charge on any atom is 0.207 e. The molecule has 0 bridgehead atoms. The molecule has 1 atom stereocenters. The topological polar surface area (TPSA) is 29.1 Å². The lowest BCUT2D eigenvalue weighted by Gasteiger charge is -2.13. The first kappa shape index (κ1) is 9.78. The van der Waals surface area contributed by atoms with Crippen LogP contribution in [0.1, 0.15) is 18.9 Å². The third-order valence-electron chi connectivity index (χ3n) is 2.12. The van der Waals surface area contributed by atoms with E-state index in [1.807, 2.05) is 18.2 Å². The molecule has 0 aromatic heterocycles. The molecule has 0 saturated carbocycles. The standard InChI is InChI=1S/C11H15NO/c1-2-11(12-9-13)8-10-6-4-3-5-7-10/h3-7,9,11H,2,8H2,1H3,(H,12,13)/t11-/m0/s1. The maximum absolute atomic E-state index is 10.3. The molecule has 1 rings (SSSR count). The highest BCUT2D eigenvalue weighted by Gasteiger charge is 2.04. The lowest BCUT2D eigenvalue weighted by Crippen LogP contribution is -2.28. The van der Waals surface area contributed by atoms with Crippen LogP contribution in [0, 0.1) is 0 Å². The molecule has 0 heterocycles. The Hall–Kier alpha value is -1.31. The van der Waals surface area contributed by atoms with Gasteiger partial charge in [0, 0.05) is 6.04 Å². The molecular formula is C11H15NO. The fraction of sp³-hybridized carbons (Fsp3) is 0.364. The van der Waals surface area contributed by atoms with Gasteiger partial charge in [-0.1, -0.05) is 37.3 Å². The average molecular weight is 177 g/mol. The summed E-state index contributed by atoms with van der Waals surface area (Å²) in [6, 6.07) is 10.5. The van der Waals surface area contributed by atoms with Crippen molar-refractivity contribution in [1.82, 2.24) is 5.32 Å². The van der Waals surface area contributed by atoms with Gasteiger partial charge >= 0.3 is 0 Å². The van der Waals surface area contributed by atoms with E-state index < -0.39 is 0 Å². The minimum Gasteiger partial charge on any atom is -0.356 e. The van der Waals surface area contributed by atoms with Gasteiger partial charge in [-0.05, 0) is 18.4 Å². The molecule has 70 valence electrons. The Morgan fingerprint density at radius 3 is 2.62 bits per heavy atom. The number of amides is 1. The molecule has 0 aliphatic carbocycles. The summed E-state index contributed by atoms with van der Waals surface area (Å²) in [7, 11) is 0. The summed E-state index contributed by atoms with van der Waals surface area (Å²) in [4.78, 5) is 10.3. The van der Waals surface area contributed by atoms with Gasteiger partial charge in [0.2, 0.25) is 6.41 Å². The first-order chi connectivity index (χ1) is 6.36. The highest BCUT2D eigenvalue weighted by Crippen LogP contribution is 2.04. The van der Waals surface area contributed by atoms with Gasteiger partial charge in [0.05, 0.1) is 0 Å². The van der Waals surface area contributed by atoms with Crippen LogP contribution in [-0.2, 0) is 11.2 Å². The van der Waals surface area contributed by atoms with Gasteiger partial charge in [-0.15, -0.1) is 0 Å². The number of rotatable bonds is 5. The van der Waals surface area contributed by atoms with E-state index in [-0.39, 0.29) is 6.04 Å². The van der Waals surface area contributed by atoms with E-state index in [1.54, 1.807) is 0 Å². The van der Waals surface area contributed by atoms with Gasteiger partial charge < -0.3 is 5.32 Å². The number of carbonyl (C=O) groups is 1. The lowest BCUT2D eigenvalue weighted by atomic mass is 10.0. The molecule has 0 saturated heterocycles. The summed E-state index contributed by atoms with van der Waals surface area (Å²) in [6.45, 7) is 2.07. The smallest absolute Gasteiger partial charge is 0.207 e. The molecule has 0 aliphatic heterocycles. The van der Waals surface area contributed by atoms with Crippen LogP contribution in [0.3, 0.4) is 0 Å². The first-order valence-electron chi connectivity index (χ1n) is 4.60. The highest BCUT2D eigenvalue weighted by molar-refractivity contribution is 5.46. The molecule has 2 heteroatoms. The second kappa shape index (κ2) is 5.36. The zero-order valence-corrected chi connectivity index (χ0v) is 7.86. The van der Waals surface area contributed by atoms with Crippen LogP contribution in [-0.4, -0.2) is 12.5 Å². The Labute approximate surface area is 79.0 Å². The monoisotopic (exact) mass is 177 g/mol. The number of benzene rings is 1. The zero-order valence-electron chi connectivity index (χ0n) is 7.86. The fourth-order valence-electron chi connectivity index (χ4n) is 1.32. The van der Waals surface area contributed by atoms with E-state index in [0.29, 0.717) is 0 Å². The third kappa shape index (κ3) is 3.28. The summed E-state index contributed by atoms with van der Waals surface area (Å²) in [5.41, 5.74) is 1.27. The van der Waals surface area contributed by atoms with E-state index in [4.69, 9.17) is 0 Å². The van der Waals surface area contributed by atoms with Crippen molar-refractivity contribution < 1.29 is 4.79 Å². The number of hydrogen-bond acceptors (Lipinski definition) is 1. The Morgan fingerprint density at radius 2 is 2.08 bits per heavy atom. The molecule has 1 amide bonds. The Morgan fingerprint density at radius 1 is 1.38 bits per heavy atom. The number of nitrogens with one attached hydrogen (secondary N) is 1. The van der Waals surface area contributed by atoms with Gasteiger partial charge in [0.15, 0.2) is 0 Å². The van der Waals surface area contributed by atoms with Crippen LogP contribution >= 0.6 is 0 Å². The van der Waals surface area contributed by atoms with Crippen LogP contribution in [0.15, 0.2) is 30.3 Å². The Kier molecular flexibility index (Phi) is 4.03. The first-order valence-corrected chi connectivity index (χ1v) is 4.60. The van der Waals surface area contributed by atoms with E-state index >= 15 is 0 Å². The van der Waals surface area contributed by atoms with Crippen molar-refractivity contribution in [1.29, 1.82) is 0 Å². The van der Waals surface area contributed by atoms with Gasteiger partial charge in [-0.2, -0.15) is 0 Å². The van der Waals surface area contributed by atoms with Gasteiger partial charge in [0.1, 0.15) is 0 Å². The third-order valence-corrected chi connectivity index (χ3v) is 2.12. The predicted octanol–water partition coefficient (Wildman–Crippen LogP) is 1.75. The largest absolute Gasteiger partial charge is 0.356 e. The summed E-state index contributed by atoms with van der Waals surface area (Å²) in [5.74, 6) is 0. The minimum absolute atomic E-state index is 0.264. The van der Waals surface area contributed by atoms with E-state index in [2.05, 4.69) is 24.4 Å². The van der Waals surface area contributed by atoms with E-state index in [1.165, 1.54) is 5.56 Å². The molecule has 13 heavy (non-hydrogen) atoms. The summed E-state index contributed by atoms with van der Waals surface area (Å²) in [6.07, 6.45) is 2.65. The van der Waals surface area contributed by atoms with Crippen molar-refractivity contribution in [3.63, 3.8) is 0 Å². The molecule has 0 unspecified atom stereocenters. The molecule has 0 fully saturated rings. The molecule has 2 nitrogen and oxygen atoms in total. The fourth-order valence-corrected chi connectivity index (χ4v) is 1.32. The molecule has 1 N–H and O–H groups in total. The number of carbonyl (C=O) groups excluding carboxylic acids is 1. The van der Waals surface area contributed by atoms with Crippen LogP contribution in [0.2, 0.25) is 0 Å². The van der Waals surface area contributed by atoms with Crippen molar-refractivity contribution in [2.75, 3.05) is 0 Å². The van der Waals surface area contributed by atoms with Crippen LogP contribution in [0.4, 0.5) is 0 Å². The average Bonchev–Trinajstić information content (AvgIpc) is 2.19. The molecule has 0 aliphatic rings. The SMILES string of the molecule is CC[C@@H](Cc1ccccc1)NC=O. The summed E-state index contributed by atoms with van der Waals surface area (Å²) >= 11 is 0. The van der Waals surface area contributed by atoms with Crippen molar-refractivity contribution in [3.8, 4) is 0 Å². The van der Waals surface area contributed by atoms with Crippen molar-refractivity contribution in [2.45, 2.75) is 25.8 Å². The number of hydrogen-bond donors (Lipinski definition) is 1. The molecular weight excluding hydrogens is 162 g/mol. The van der Waals surface area contributed by atoms with Crippen LogP contribution in [0.5, 0.6) is 0 Å². The van der Waals surface area contributed by atoms with Crippen LogP contribution < -0.4 is 5.32 Å². The second-order valence-corrected chi connectivity index (χ2v) is 3.08. The normalized spacial score (nSPS) is 12.1. The van der Waals surface area contributed by atoms with Crippen molar-refractivity contribution >= 4 is 6.41 Å². The lowest BCUT2D eigenvalue weighted by molar-refractivity contribution is -0.110. The molecule has 1 aromatic rings. The van der Waals surface area contributed by atoms with Crippen molar-refractivity contribution in [3.05, 3.63) is 35.9 Å². The second-order valence-electron chi connectivity index (χ2n) is 3.08. The quantitative estimate of drug-likeness (QED) is 0.682. The van der Waals surface area contributed by atoms with Gasteiger partial charge in [-0.25, -0.2) is 0 Å². The predicted molar refractivity (Wildman–Crippen MR) is 53.4 cm³/mol. The van der Waals surface area contributed by atoms with Crippen molar-refractivity contribution in [2.24, 2.45) is 0 Å². The molecule has 0 radical (unpaired) electrons. The highest BCUT2D eigenvalue weighted by atomic mass is 16.1. The van der Waals surface area contributed by atoms with Crippen LogP contribution in [0.25, 0.3) is 0 Å². The molecule has 1 aromatic carbocycles. The summed E-state index contributed by atoms with van der Waals surface area (Å²) in [5, 5.41) is 2.80. The zero-order chi connectivity index (χ0) is 9.52.